The van der Waals surface area contributed by atoms with Crippen molar-refractivity contribution < 1.29 is 9.59 Å². The van der Waals surface area contributed by atoms with Crippen molar-refractivity contribution >= 4 is 11.8 Å². The van der Waals surface area contributed by atoms with E-state index in [2.05, 4.69) is 26.0 Å². The van der Waals surface area contributed by atoms with Gasteiger partial charge in [0.1, 0.15) is 0 Å². The van der Waals surface area contributed by atoms with Crippen LogP contribution in [0.1, 0.15) is 27.7 Å². The predicted octanol–water partition coefficient (Wildman–Crippen LogP) is 2.15. The Morgan fingerprint density at radius 3 is 1.83 bits per heavy atom. The molecule has 3 rings (SSSR count). The molecule has 2 fully saturated rings. The summed E-state index contributed by atoms with van der Waals surface area (Å²) in [6.45, 7) is 7.99. The van der Waals surface area contributed by atoms with Gasteiger partial charge in [0.25, 0.3) is 0 Å². The Kier molecular flexibility index (Phi) is 2.31. The van der Waals surface area contributed by atoms with Gasteiger partial charge in [-0.1, -0.05) is 23.3 Å². The molecule has 96 valence electrons. The maximum Gasteiger partial charge on any atom is 0.234 e. The van der Waals surface area contributed by atoms with E-state index >= 15 is 0 Å². The molecule has 0 aromatic heterocycles. The summed E-state index contributed by atoms with van der Waals surface area (Å²) < 4.78 is 0. The molecule has 2 aliphatic carbocycles. The van der Waals surface area contributed by atoms with Crippen LogP contribution in [-0.4, -0.2) is 22.8 Å². The molecule has 18 heavy (non-hydrogen) atoms. The number of fused-ring (bicyclic) bond motifs is 5. The van der Waals surface area contributed by atoms with Gasteiger partial charge in [0.05, 0.1) is 11.8 Å². The largest absolute Gasteiger partial charge is 0.279 e. The SMILES string of the molecule is CC(C)=C1C2C=CC1C1C(=O)N(C(C)C)C(=O)C21. The van der Waals surface area contributed by atoms with E-state index in [1.54, 1.807) is 0 Å². The van der Waals surface area contributed by atoms with Crippen LogP contribution >= 0.6 is 0 Å². The van der Waals surface area contributed by atoms with Gasteiger partial charge in [-0.15, -0.1) is 0 Å². The Morgan fingerprint density at radius 2 is 1.50 bits per heavy atom. The van der Waals surface area contributed by atoms with Gasteiger partial charge in [0.15, 0.2) is 0 Å². The van der Waals surface area contributed by atoms with Crippen LogP contribution in [0.25, 0.3) is 0 Å². The number of allylic oxidation sites excluding steroid dienone is 4. The molecule has 1 heterocycles. The minimum absolute atomic E-state index is 0.0230. The first kappa shape index (κ1) is 11.7. The summed E-state index contributed by atoms with van der Waals surface area (Å²) >= 11 is 0. The van der Waals surface area contributed by atoms with E-state index in [-0.39, 0.29) is 41.5 Å². The number of hydrogen-bond donors (Lipinski definition) is 0. The Balaban J connectivity index is 2.06. The number of hydrogen-bond acceptors (Lipinski definition) is 2. The molecule has 0 aromatic rings. The minimum Gasteiger partial charge on any atom is -0.279 e. The van der Waals surface area contributed by atoms with Gasteiger partial charge in [-0.05, 0) is 27.7 Å². The van der Waals surface area contributed by atoms with E-state index < -0.39 is 0 Å². The molecule has 1 aliphatic heterocycles. The normalized spacial score (nSPS) is 37.2. The van der Waals surface area contributed by atoms with E-state index in [0.29, 0.717) is 0 Å². The fourth-order valence-electron chi connectivity index (χ4n) is 3.96. The standard InChI is InChI=1S/C15H19NO2/c1-7(2)11-9-5-6-10(11)13-12(9)14(17)16(8(3)4)15(13)18/h5-6,8-10,12-13H,1-4H3. The van der Waals surface area contributed by atoms with Crippen molar-refractivity contribution in [2.75, 3.05) is 0 Å². The van der Waals surface area contributed by atoms with Crippen LogP contribution in [0.15, 0.2) is 23.3 Å². The van der Waals surface area contributed by atoms with Gasteiger partial charge < -0.3 is 0 Å². The highest BCUT2D eigenvalue weighted by Crippen LogP contribution is 2.56. The van der Waals surface area contributed by atoms with Gasteiger partial charge in [0.2, 0.25) is 11.8 Å². The maximum absolute atomic E-state index is 12.4. The third-order valence-corrected chi connectivity index (χ3v) is 4.54. The summed E-state index contributed by atoms with van der Waals surface area (Å²) in [5.41, 5.74) is 2.58. The number of nitrogens with zero attached hydrogens (tertiary/aromatic N) is 1. The van der Waals surface area contributed by atoms with Crippen LogP contribution in [0.4, 0.5) is 0 Å². The van der Waals surface area contributed by atoms with Crippen molar-refractivity contribution in [2.24, 2.45) is 23.7 Å². The molecular weight excluding hydrogens is 226 g/mol. The average molecular weight is 245 g/mol. The van der Waals surface area contributed by atoms with Crippen molar-refractivity contribution in [3.8, 4) is 0 Å². The smallest absolute Gasteiger partial charge is 0.234 e. The fraction of sp³-hybridized carbons (Fsp3) is 0.600. The molecule has 1 saturated heterocycles. The van der Waals surface area contributed by atoms with Crippen molar-refractivity contribution in [3.05, 3.63) is 23.3 Å². The third kappa shape index (κ3) is 1.20. The zero-order valence-corrected chi connectivity index (χ0v) is 11.3. The molecule has 2 bridgehead atoms. The van der Waals surface area contributed by atoms with E-state index in [4.69, 9.17) is 0 Å². The highest BCUT2D eigenvalue weighted by atomic mass is 16.2. The zero-order valence-electron chi connectivity index (χ0n) is 11.3. The van der Waals surface area contributed by atoms with Gasteiger partial charge in [-0.2, -0.15) is 0 Å². The van der Waals surface area contributed by atoms with Crippen molar-refractivity contribution in [1.29, 1.82) is 0 Å². The number of carbonyl (C=O) groups excluding carboxylic acids is 2. The number of imide groups is 1. The Hall–Kier alpha value is -1.38. The summed E-state index contributed by atoms with van der Waals surface area (Å²) in [6.07, 6.45) is 4.26. The Morgan fingerprint density at radius 1 is 1.06 bits per heavy atom. The summed E-state index contributed by atoms with van der Waals surface area (Å²) in [4.78, 5) is 26.4. The van der Waals surface area contributed by atoms with E-state index in [1.807, 2.05) is 13.8 Å². The molecule has 0 spiro atoms. The number of likely N-dealkylation sites (tertiary alicyclic amines) is 1. The molecule has 3 aliphatic rings. The summed E-state index contributed by atoms with van der Waals surface area (Å²) in [5, 5.41) is 0. The lowest BCUT2D eigenvalue weighted by Gasteiger charge is -2.22. The van der Waals surface area contributed by atoms with Gasteiger partial charge in [-0.25, -0.2) is 0 Å². The van der Waals surface area contributed by atoms with Crippen LogP contribution in [-0.2, 0) is 9.59 Å². The van der Waals surface area contributed by atoms with Crippen LogP contribution in [0, 0.1) is 23.7 Å². The third-order valence-electron chi connectivity index (χ3n) is 4.54. The second kappa shape index (κ2) is 3.56. The topological polar surface area (TPSA) is 37.4 Å². The fourth-order valence-corrected chi connectivity index (χ4v) is 3.96. The van der Waals surface area contributed by atoms with Gasteiger partial charge >= 0.3 is 0 Å². The molecule has 1 saturated carbocycles. The van der Waals surface area contributed by atoms with E-state index in [1.165, 1.54) is 16.0 Å². The lowest BCUT2D eigenvalue weighted by atomic mass is 9.85. The number of carbonyl (C=O) groups is 2. The van der Waals surface area contributed by atoms with Crippen molar-refractivity contribution in [1.82, 2.24) is 4.90 Å². The molecule has 0 aromatic carbocycles. The first-order chi connectivity index (χ1) is 8.45. The molecule has 3 heteroatoms. The quantitative estimate of drug-likeness (QED) is 0.524. The Labute approximate surface area is 108 Å². The van der Waals surface area contributed by atoms with Crippen LogP contribution in [0.2, 0.25) is 0 Å². The average Bonchev–Trinajstić information content (AvgIpc) is 2.88. The van der Waals surface area contributed by atoms with Gasteiger partial charge in [-0.3, -0.25) is 14.5 Å². The van der Waals surface area contributed by atoms with Crippen LogP contribution < -0.4 is 0 Å². The molecule has 0 radical (unpaired) electrons. The molecule has 4 atom stereocenters. The van der Waals surface area contributed by atoms with E-state index in [9.17, 15) is 9.59 Å². The first-order valence-corrected chi connectivity index (χ1v) is 6.67. The van der Waals surface area contributed by atoms with E-state index in [0.717, 1.165) is 0 Å². The predicted molar refractivity (Wildman–Crippen MR) is 68.5 cm³/mol. The zero-order chi connectivity index (χ0) is 13.2. The summed E-state index contributed by atoms with van der Waals surface area (Å²) in [7, 11) is 0. The highest BCUT2D eigenvalue weighted by Gasteiger charge is 2.61. The highest BCUT2D eigenvalue weighted by molar-refractivity contribution is 6.07. The molecule has 0 N–H and O–H groups in total. The van der Waals surface area contributed by atoms with Gasteiger partial charge in [0, 0.05) is 17.9 Å². The maximum atomic E-state index is 12.4. The Bertz CT molecular complexity index is 463. The minimum atomic E-state index is -0.125. The second-order valence-electron chi connectivity index (χ2n) is 6.08. The lowest BCUT2D eigenvalue weighted by molar-refractivity contribution is -0.142. The molecule has 2 amide bonds. The van der Waals surface area contributed by atoms with Crippen LogP contribution in [0.3, 0.4) is 0 Å². The van der Waals surface area contributed by atoms with Crippen molar-refractivity contribution in [3.63, 3.8) is 0 Å². The number of rotatable bonds is 1. The number of amides is 2. The molecule has 4 unspecified atom stereocenters. The molecule has 3 nitrogen and oxygen atoms in total. The van der Waals surface area contributed by atoms with Crippen molar-refractivity contribution in [2.45, 2.75) is 33.7 Å². The summed E-state index contributed by atoms with van der Waals surface area (Å²) in [5.74, 6) is 0.168. The summed E-state index contributed by atoms with van der Waals surface area (Å²) in [6, 6.07) is -0.0230. The second-order valence-corrected chi connectivity index (χ2v) is 6.08. The first-order valence-electron chi connectivity index (χ1n) is 6.67. The molecular formula is C15H19NO2. The van der Waals surface area contributed by atoms with Crippen LogP contribution in [0.5, 0.6) is 0 Å². The lowest BCUT2D eigenvalue weighted by Crippen LogP contribution is -2.38. The monoisotopic (exact) mass is 245 g/mol.